The number of pyridine rings is 1. The zero-order chi connectivity index (χ0) is 15.7. The van der Waals surface area contributed by atoms with Gasteiger partial charge in [0.25, 0.3) is 0 Å². The fraction of sp³-hybridized carbons (Fsp3) is 0.706. The fourth-order valence-corrected chi connectivity index (χ4v) is 1.83. The second-order valence-corrected chi connectivity index (χ2v) is 5.89. The standard InChI is InChI=1S/C17H30N2O2/c1-6-7-20-8-9-21-17-11-15(12-18-14(4)5)10-16(19-17)13(2)3/h10-11,13-14,18H,6-9,12H2,1-5H3. The maximum Gasteiger partial charge on any atom is 0.213 e. The summed E-state index contributed by atoms with van der Waals surface area (Å²) in [5, 5.41) is 3.43. The molecular weight excluding hydrogens is 264 g/mol. The molecule has 1 heterocycles. The van der Waals surface area contributed by atoms with Crippen LogP contribution in [0.1, 0.15) is 58.2 Å². The highest BCUT2D eigenvalue weighted by atomic mass is 16.5. The summed E-state index contributed by atoms with van der Waals surface area (Å²) < 4.78 is 11.2. The monoisotopic (exact) mass is 294 g/mol. The molecule has 1 aromatic rings. The molecule has 1 rings (SSSR count). The molecule has 21 heavy (non-hydrogen) atoms. The van der Waals surface area contributed by atoms with E-state index in [1.54, 1.807) is 0 Å². The minimum absolute atomic E-state index is 0.391. The molecule has 0 aliphatic rings. The highest BCUT2D eigenvalue weighted by molar-refractivity contribution is 5.26. The summed E-state index contributed by atoms with van der Waals surface area (Å²) in [5.41, 5.74) is 2.29. The topological polar surface area (TPSA) is 43.4 Å². The molecule has 0 unspecified atom stereocenters. The van der Waals surface area contributed by atoms with Gasteiger partial charge in [0.2, 0.25) is 5.88 Å². The lowest BCUT2D eigenvalue weighted by Crippen LogP contribution is -2.22. The molecule has 0 fully saturated rings. The van der Waals surface area contributed by atoms with Gasteiger partial charge in [-0.15, -0.1) is 0 Å². The van der Waals surface area contributed by atoms with Crippen LogP contribution in [0, 0.1) is 0 Å². The largest absolute Gasteiger partial charge is 0.475 e. The van der Waals surface area contributed by atoms with Crippen LogP contribution in [0.4, 0.5) is 0 Å². The zero-order valence-electron chi connectivity index (χ0n) is 14.1. The third-order valence-corrected chi connectivity index (χ3v) is 3.01. The van der Waals surface area contributed by atoms with Crippen molar-refractivity contribution in [1.82, 2.24) is 10.3 Å². The Bertz CT molecular complexity index is 406. The fourth-order valence-electron chi connectivity index (χ4n) is 1.83. The molecule has 0 aromatic carbocycles. The molecular formula is C17H30N2O2. The van der Waals surface area contributed by atoms with Crippen LogP contribution in [0.5, 0.6) is 5.88 Å². The summed E-state index contributed by atoms with van der Waals surface area (Å²) in [6.07, 6.45) is 1.03. The summed E-state index contributed by atoms with van der Waals surface area (Å²) in [6.45, 7) is 13.5. The average Bonchev–Trinajstić information content (AvgIpc) is 2.44. The summed E-state index contributed by atoms with van der Waals surface area (Å²) in [4.78, 5) is 4.57. The molecule has 120 valence electrons. The average molecular weight is 294 g/mol. The van der Waals surface area contributed by atoms with Crippen LogP contribution >= 0.6 is 0 Å². The quantitative estimate of drug-likeness (QED) is 0.671. The predicted octanol–water partition coefficient (Wildman–Crippen LogP) is 3.51. The van der Waals surface area contributed by atoms with Crippen molar-refractivity contribution in [1.29, 1.82) is 0 Å². The van der Waals surface area contributed by atoms with E-state index in [0.29, 0.717) is 31.1 Å². The van der Waals surface area contributed by atoms with E-state index >= 15 is 0 Å². The van der Waals surface area contributed by atoms with Crippen LogP contribution in [0.2, 0.25) is 0 Å². The van der Waals surface area contributed by atoms with Crippen molar-refractivity contribution in [3.63, 3.8) is 0 Å². The highest BCUT2D eigenvalue weighted by Gasteiger charge is 2.08. The second kappa shape index (κ2) is 9.74. The van der Waals surface area contributed by atoms with Gasteiger partial charge in [0.15, 0.2) is 0 Å². The van der Waals surface area contributed by atoms with Crippen molar-refractivity contribution >= 4 is 0 Å². The first-order chi connectivity index (χ1) is 10.0. The zero-order valence-corrected chi connectivity index (χ0v) is 14.1. The molecule has 0 spiro atoms. The molecule has 1 N–H and O–H groups in total. The smallest absolute Gasteiger partial charge is 0.213 e. The minimum Gasteiger partial charge on any atom is -0.475 e. The van der Waals surface area contributed by atoms with Crippen LogP contribution in [0.3, 0.4) is 0 Å². The van der Waals surface area contributed by atoms with Crippen molar-refractivity contribution in [2.24, 2.45) is 0 Å². The molecule has 0 amide bonds. The van der Waals surface area contributed by atoms with Gasteiger partial charge in [-0.1, -0.05) is 34.6 Å². The van der Waals surface area contributed by atoms with Gasteiger partial charge in [0.05, 0.1) is 6.61 Å². The van der Waals surface area contributed by atoms with Crippen molar-refractivity contribution in [3.8, 4) is 5.88 Å². The van der Waals surface area contributed by atoms with E-state index in [4.69, 9.17) is 9.47 Å². The van der Waals surface area contributed by atoms with Crippen LogP contribution in [0.25, 0.3) is 0 Å². The van der Waals surface area contributed by atoms with E-state index in [0.717, 1.165) is 25.3 Å². The van der Waals surface area contributed by atoms with E-state index in [1.807, 2.05) is 6.07 Å². The number of rotatable bonds is 10. The van der Waals surface area contributed by atoms with Crippen LogP contribution in [0.15, 0.2) is 12.1 Å². The number of hydrogen-bond donors (Lipinski definition) is 1. The first kappa shape index (κ1) is 17.9. The molecule has 0 aliphatic heterocycles. The molecule has 0 atom stereocenters. The Kier molecular flexibility index (Phi) is 8.31. The Morgan fingerprint density at radius 2 is 1.86 bits per heavy atom. The number of aromatic nitrogens is 1. The minimum atomic E-state index is 0.391. The Hall–Kier alpha value is -1.13. The van der Waals surface area contributed by atoms with Crippen LogP contribution in [-0.4, -0.2) is 30.8 Å². The molecule has 0 aliphatic carbocycles. The normalized spacial score (nSPS) is 11.4. The second-order valence-electron chi connectivity index (χ2n) is 5.89. The Morgan fingerprint density at radius 1 is 1.10 bits per heavy atom. The Balaban J connectivity index is 2.63. The molecule has 4 heteroatoms. The van der Waals surface area contributed by atoms with Gasteiger partial charge in [-0.3, -0.25) is 0 Å². The molecule has 0 radical (unpaired) electrons. The van der Waals surface area contributed by atoms with Crippen LogP contribution < -0.4 is 10.1 Å². The van der Waals surface area contributed by atoms with Gasteiger partial charge in [-0.25, -0.2) is 4.98 Å². The van der Waals surface area contributed by atoms with Gasteiger partial charge in [-0.05, 0) is 24.0 Å². The molecule has 1 aromatic heterocycles. The van der Waals surface area contributed by atoms with Gasteiger partial charge in [0.1, 0.15) is 6.61 Å². The number of nitrogens with one attached hydrogen (secondary N) is 1. The number of ether oxygens (including phenoxy) is 2. The third-order valence-electron chi connectivity index (χ3n) is 3.01. The van der Waals surface area contributed by atoms with Crippen molar-refractivity contribution < 1.29 is 9.47 Å². The lowest BCUT2D eigenvalue weighted by molar-refractivity contribution is 0.0989. The predicted molar refractivity (Wildman–Crippen MR) is 86.9 cm³/mol. The first-order valence-electron chi connectivity index (χ1n) is 7.97. The van der Waals surface area contributed by atoms with Crippen molar-refractivity contribution in [2.75, 3.05) is 19.8 Å². The lowest BCUT2D eigenvalue weighted by Gasteiger charge is -2.14. The summed E-state index contributed by atoms with van der Waals surface area (Å²) >= 11 is 0. The van der Waals surface area contributed by atoms with Gasteiger partial charge < -0.3 is 14.8 Å². The van der Waals surface area contributed by atoms with Gasteiger partial charge in [0, 0.05) is 31.0 Å². The lowest BCUT2D eigenvalue weighted by atomic mass is 10.1. The number of hydrogen-bond acceptors (Lipinski definition) is 4. The summed E-state index contributed by atoms with van der Waals surface area (Å²) in [7, 11) is 0. The van der Waals surface area contributed by atoms with Gasteiger partial charge >= 0.3 is 0 Å². The van der Waals surface area contributed by atoms with E-state index in [9.17, 15) is 0 Å². The van der Waals surface area contributed by atoms with Crippen molar-refractivity contribution in [2.45, 2.75) is 59.5 Å². The van der Waals surface area contributed by atoms with Crippen molar-refractivity contribution in [3.05, 3.63) is 23.4 Å². The van der Waals surface area contributed by atoms with E-state index in [1.165, 1.54) is 5.56 Å². The van der Waals surface area contributed by atoms with E-state index in [-0.39, 0.29) is 0 Å². The number of nitrogens with zero attached hydrogens (tertiary/aromatic N) is 1. The van der Waals surface area contributed by atoms with Gasteiger partial charge in [-0.2, -0.15) is 0 Å². The maximum atomic E-state index is 5.73. The highest BCUT2D eigenvalue weighted by Crippen LogP contribution is 2.19. The Morgan fingerprint density at radius 3 is 2.48 bits per heavy atom. The van der Waals surface area contributed by atoms with E-state index in [2.05, 4.69) is 51.0 Å². The Labute approximate surface area is 129 Å². The summed E-state index contributed by atoms with van der Waals surface area (Å²) in [5.74, 6) is 1.09. The molecule has 0 saturated heterocycles. The molecule has 4 nitrogen and oxygen atoms in total. The summed E-state index contributed by atoms with van der Waals surface area (Å²) in [6, 6.07) is 4.63. The SMILES string of the molecule is CCCOCCOc1cc(CNC(C)C)cc(C(C)C)n1. The molecule has 0 saturated carbocycles. The third kappa shape index (κ3) is 7.44. The van der Waals surface area contributed by atoms with Crippen LogP contribution in [-0.2, 0) is 11.3 Å². The first-order valence-corrected chi connectivity index (χ1v) is 7.97. The maximum absolute atomic E-state index is 5.73. The van der Waals surface area contributed by atoms with E-state index < -0.39 is 0 Å². The molecule has 0 bridgehead atoms.